The fraction of sp³-hybridized carbons (Fsp3) is 0.111. The zero-order valence-electron chi connectivity index (χ0n) is 13.1. The largest absolute Gasteiger partial charge is 0.497 e. The second-order valence-electron chi connectivity index (χ2n) is 5.21. The van der Waals surface area contributed by atoms with E-state index in [1.165, 1.54) is 11.6 Å². The summed E-state index contributed by atoms with van der Waals surface area (Å²) in [6.45, 7) is 1.45. The second kappa shape index (κ2) is 6.67. The molecule has 1 aromatic heterocycles. The van der Waals surface area contributed by atoms with Crippen LogP contribution in [0, 0.1) is 0 Å². The first-order chi connectivity index (χ1) is 11.5. The van der Waals surface area contributed by atoms with E-state index >= 15 is 0 Å². The third kappa shape index (κ3) is 3.16. The second-order valence-corrected chi connectivity index (χ2v) is 6.05. The molecule has 0 N–H and O–H groups in total. The lowest BCUT2D eigenvalue weighted by Crippen LogP contribution is -2.05. The molecule has 1 heterocycles. The summed E-state index contributed by atoms with van der Waals surface area (Å²) in [5.41, 5.74) is 2.98. The lowest BCUT2D eigenvalue weighted by molar-refractivity contribution is 0.0921. The van der Waals surface area contributed by atoms with Gasteiger partial charge in [-0.2, -0.15) is 5.10 Å². The predicted molar refractivity (Wildman–Crippen MR) is 96.0 cm³/mol. The number of ether oxygens (including phenoxy) is 1. The van der Waals surface area contributed by atoms with Gasteiger partial charge in [0.1, 0.15) is 11.4 Å². The lowest BCUT2D eigenvalue weighted by atomic mass is 10.0. The third-order valence-corrected chi connectivity index (χ3v) is 4.15. The molecule has 0 spiro atoms. The predicted octanol–water partition coefficient (Wildman–Crippen LogP) is 5.19. The fourth-order valence-corrected chi connectivity index (χ4v) is 2.93. The minimum absolute atomic E-state index is 0.185. The van der Waals surface area contributed by atoms with E-state index in [2.05, 4.69) is 5.10 Å². The SMILES string of the molecule is COc1cccc(-c2nn(C(C)=O)cc2-c2ccc(Cl)cc2Cl)c1. The molecular weight excluding hydrogens is 347 g/mol. The van der Waals surface area contributed by atoms with Gasteiger partial charge in [0, 0.05) is 34.8 Å². The summed E-state index contributed by atoms with van der Waals surface area (Å²) < 4.78 is 6.57. The summed E-state index contributed by atoms with van der Waals surface area (Å²) >= 11 is 12.3. The average Bonchev–Trinajstić information content (AvgIpc) is 3.00. The Labute approximate surface area is 149 Å². The van der Waals surface area contributed by atoms with Crippen LogP contribution in [0.4, 0.5) is 0 Å². The van der Waals surface area contributed by atoms with Crippen LogP contribution >= 0.6 is 23.2 Å². The summed E-state index contributed by atoms with van der Waals surface area (Å²) in [6, 6.07) is 12.7. The number of hydrogen-bond donors (Lipinski definition) is 0. The van der Waals surface area contributed by atoms with Crippen molar-refractivity contribution in [2.45, 2.75) is 6.92 Å². The maximum Gasteiger partial charge on any atom is 0.243 e. The molecule has 0 fully saturated rings. The number of rotatable bonds is 3. The molecule has 0 radical (unpaired) electrons. The topological polar surface area (TPSA) is 44.1 Å². The van der Waals surface area contributed by atoms with Gasteiger partial charge >= 0.3 is 0 Å². The number of methoxy groups -OCH3 is 1. The van der Waals surface area contributed by atoms with E-state index in [0.29, 0.717) is 21.5 Å². The molecule has 0 amide bonds. The Balaban J connectivity index is 2.23. The molecule has 4 nitrogen and oxygen atoms in total. The van der Waals surface area contributed by atoms with Crippen molar-refractivity contribution in [2.24, 2.45) is 0 Å². The van der Waals surface area contributed by atoms with Crippen LogP contribution in [0.3, 0.4) is 0 Å². The lowest BCUT2D eigenvalue weighted by Gasteiger charge is -2.07. The minimum Gasteiger partial charge on any atom is -0.497 e. The highest BCUT2D eigenvalue weighted by Gasteiger charge is 2.17. The van der Waals surface area contributed by atoms with E-state index < -0.39 is 0 Å². The first-order valence-electron chi connectivity index (χ1n) is 7.20. The van der Waals surface area contributed by atoms with Crippen LogP contribution in [0.25, 0.3) is 22.4 Å². The number of nitrogens with zero attached hydrogens (tertiary/aromatic N) is 2. The highest BCUT2D eigenvalue weighted by atomic mass is 35.5. The molecule has 0 aliphatic rings. The molecule has 0 aliphatic carbocycles. The van der Waals surface area contributed by atoms with Crippen molar-refractivity contribution in [1.82, 2.24) is 9.78 Å². The Morgan fingerprint density at radius 2 is 1.92 bits per heavy atom. The molecule has 0 bridgehead atoms. The van der Waals surface area contributed by atoms with Gasteiger partial charge in [-0.1, -0.05) is 41.4 Å². The Bertz CT molecular complexity index is 919. The number of carbonyl (C=O) groups excluding carboxylic acids is 1. The van der Waals surface area contributed by atoms with Crippen LogP contribution in [0.2, 0.25) is 10.0 Å². The van der Waals surface area contributed by atoms with Crippen LogP contribution in [-0.2, 0) is 0 Å². The van der Waals surface area contributed by atoms with E-state index in [1.54, 1.807) is 25.4 Å². The van der Waals surface area contributed by atoms with Crippen molar-refractivity contribution in [3.05, 3.63) is 58.7 Å². The molecule has 6 heteroatoms. The van der Waals surface area contributed by atoms with Crippen molar-refractivity contribution >= 4 is 29.1 Å². The van der Waals surface area contributed by atoms with E-state index in [0.717, 1.165) is 16.7 Å². The van der Waals surface area contributed by atoms with Gasteiger partial charge < -0.3 is 4.74 Å². The summed E-state index contributed by atoms with van der Waals surface area (Å²) in [5.74, 6) is 0.522. The first kappa shape index (κ1) is 16.6. The molecule has 0 atom stereocenters. The summed E-state index contributed by atoms with van der Waals surface area (Å²) in [7, 11) is 1.60. The molecule has 2 aromatic carbocycles. The van der Waals surface area contributed by atoms with Crippen LogP contribution < -0.4 is 4.74 Å². The first-order valence-corrected chi connectivity index (χ1v) is 7.95. The van der Waals surface area contributed by atoms with Gasteiger partial charge in [0.05, 0.1) is 12.1 Å². The minimum atomic E-state index is -0.185. The molecule has 0 aliphatic heterocycles. The highest BCUT2D eigenvalue weighted by molar-refractivity contribution is 6.36. The molecule has 3 rings (SSSR count). The Kier molecular flexibility index (Phi) is 4.60. The van der Waals surface area contributed by atoms with E-state index in [-0.39, 0.29) is 5.91 Å². The Morgan fingerprint density at radius 1 is 1.12 bits per heavy atom. The molecule has 3 aromatic rings. The molecule has 122 valence electrons. The molecule has 0 saturated heterocycles. The number of hydrogen-bond acceptors (Lipinski definition) is 3. The van der Waals surface area contributed by atoms with Crippen molar-refractivity contribution in [1.29, 1.82) is 0 Å². The van der Waals surface area contributed by atoms with Gasteiger partial charge in [-0.15, -0.1) is 0 Å². The van der Waals surface area contributed by atoms with E-state index in [1.807, 2.05) is 30.3 Å². The molecular formula is C18H14Cl2N2O2. The third-order valence-electron chi connectivity index (χ3n) is 3.60. The summed E-state index contributed by atoms with van der Waals surface area (Å²) in [4.78, 5) is 11.8. The van der Waals surface area contributed by atoms with Crippen LogP contribution in [0.15, 0.2) is 48.7 Å². The smallest absolute Gasteiger partial charge is 0.243 e. The standard InChI is InChI=1S/C18H14Cl2N2O2/c1-11(23)22-10-16(15-7-6-13(19)9-17(15)20)18(21-22)12-4-3-5-14(8-12)24-2/h3-10H,1-2H3. The van der Waals surface area contributed by atoms with Gasteiger partial charge in [-0.05, 0) is 24.3 Å². The van der Waals surface area contributed by atoms with Gasteiger partial charge in [-0.25, -0.2) is 4.68 Å². The van der Waals surface area contributed by atoms with Gasteiger partial charge in [0.2, 0.25) is 5.91 Å². The molecule has 0 saturated carbocycles. The van der Waals surface area contributed by atoms with Crippen LogP contribution in [0.1, 0.15) is 11.7 Å². The zero-order valence-corrected chi connectivity index (χ0v) is 14.6. The quantitative estimate of drug-likeness (QED) is 0.645. The maximum atomic E-state index is 11.8. The summed E-state index contributed by atoms with van der Waals surface area (Å²) in [6.07, 6.45) is 1.67. The zero-order chi connectivity index (χ0) is 17.3. The number of carbonyl (C=O) groups is 1. The van der Waals surface area contributed by atoms with Crippen LogP contribution in [0.5, 0.6) is 5.75 Å². The Morgan fingerprint density at radius 3 is 2.58 bits per heavy atom. The van der Waals surface area contributed by atoms with Crippen molar-refractivity contribution in [3.8, 4) is 28.1 Å². The number of aromatic nitrogens is 2. The van der Waals surface area contributed by atoms with Gasteiger partial charge in [0.15, 0.2) is 0 Å². The fourth-order valence-electron chi connectivity index (χ4n) is 2.42. The highest BCUT2D eigenvalue weighted by Crippen LogP contribution is 2.37. The van der Waals surface area contributed by atoms with Gasteiger partial charge in [-0.3, -0.25) is 4.79 Å². The number of benzene rings is 2. The average molecular weight is 361 g/mol. The van der Waals surface area contributed by atoms with E-state index in [9.17, 15) is 4.79 Å². The summed E-state index contributed by atoms with van der Waals surface area (Å²) in [5, 5.41) is 5.46. The normalized spacial score (nSPS) is 10.7. The molecule has 24 heavy (non-hydrogen) atoms. The van der Waals surface area contributed by atoms with Crippen molar-refractivity contribution in [3.63, 3.8) is 0 Å². The monoisotopic (exact) mass is 360 g/mol. The maximum absolute atomic E-state index is 11.8. The Hall–Kier alpha value is -2.30. The van der Waals surface area contributed by atoms with Crippen LogP contribution in [-0.4, -0.2) is 22.8 Å². The van der Waals surface area contributed by atoms with E-state index in [4.69, 9.17) is 27.9 Å². The number of halogens is 2. The van der Waals surface area contributed by atoms with Crippen molar-refractivity contribution in [2.75, 3.05) is 7.11 Å². The molecule has 0 unspecified atom stereocenters. The van der Waals surface area contributed by atoms with Crippen molar-refractivity contribution < 1.29 is 9.53 Å². The van der Waals surface area contributed by atoms with Gasteiger partial charge in [0.25, 0.3) is 0 Å².